The van der Waals surface area contributed by atoms with Gasteiger partial charge in [0.1, 0.15) is 0 Å². The minimum Gasteiger partial charge on any atom is -0.333 e. The first kappa shape index (κ1) is 21.5. The lowest BCUT2D eigenvalue weighted by atomic mass is 10.00. The molecule has 32 heavy (non-hydrogen) atoms. The van der Waals surface area contributed by atoms with Crippen LogP contribution in [0.25, 0.3) is 22.0 Å². The Morgan fingerprint density at radius 1 is 1.19 bits per heavy atom. The number of nitro groups is 1. The van der Waals surface area contributed by atoms with Crippen LogP contribution in [0.3, 0.4) is 0 Å². The Balaban J connectivity index is 2.06. The summed E-state index contributed by atoms with van der Waals surface area (Å²) in [6.07, 6.45) is 2.33. The maximum absolute atomic E-state index is 12.9. The maximum Gasteiger partial charge on any atom is 0.269 e. The first-order valence-corrected chi connectivity index (χ1v) is 10.5. The van der Waals surface area contributed by atoms with Crippen LogP contribution in [-0.2, 0) is 13.0 Å². The summed E-state index contributed by atoms with van der Waals surface area (Å²) in [6.45, 7) is 3.62. The molecular formula is C24H20ClN3O4. The van der Waals surface area contributed by atoms with Crippen molar-refractivity contribution in [2.45, 2.75) is 26.8 Å². The molecule has 8 heteroatoms. The highest BCUT2D eigenvalue weighted by Crippen LogP contribution is 2.36. The Hall–Kier alpha value is -3.71. The molecule has 1 N–H and O–H groups in total. The summed E-state index contributed by atoms with van der Waals surface area (Å²) in [5.74, 6) is -0.223. The highest BCUT2D eigenvalue weighted by atomic mass is 35.5. The van der Waals surface area contributed by atoms with Crippen LogP contribution in [0, 0.1) is 10.1 Å². The number of halogens is 1. The van der Waals surface area contributed by atoms with Crippen molar-refractivity contribution in [3.05, 3.63) is 97.0 Å². The number of hydrogen-bond acceptors (Lipinski definition) is 4. The number of fused-ring (bicyclic) bond motifs is 1. The first-order valence-electron chi connectivity index (χ1n) is 10.1. The number of nitrogens with one attached hydrogen (secondary N) is 1. The Morgan fingerprint density at radius 3 is 2.62 bits per heavy atom. The van der Waals surface area contributed by atoms with Crippen LogP contribution in [0.1, 0.15) is 35.5 Å². The number of H-pyrrole nitrogens is 1. The molecule has 2 aromatic heterocycles. The molecule has 0 aliphatic rings. The van der Waals surface area contributed by atoms with Crippen molar-refractivity contribution >= 4 is 34.0 Å². The van der Waals surface area contributed by atoms with Gasteiger partial charge in [-0.3, -0.25) is 19.7 Å². The zero-order valence-electron chi connectivity index (χ0n) is 17.5. The molecule has 4 rings (SSSR count). The number of aromatic nitrogens is 2. The predicted molar refractivity (Wildman–Crippen MR) is 125 cm³/mol. The van der Waals surface area contributed by atoms with Gasteiger partial charge in [-0.1, -0.05) is 24.6 Å². The second-order valence-corrected chi connectivity index (χ2v) is 7.92. The van der Waals surface area contributed by atoms with Gasteiger partial charge >= 0.3 is 0 Å². The first-order chi connectivity index (χ1) is 15.3. The van der Waals surface area contributed by atoms with Gasteiger partial charge in [-0.25, -0.2) is 0 Å². The minimum absolute atomic E-state index is 0.0850. The maximum atomic E-state index is 12.9. The van der Waals surface area contributed by atoms with Crippen molar-refractivity contribution in [2.75, 3.05) is 0 Å². The number of pyridine rings is 1. The fraction of sp³-hybridized carbons (Fsp3) is 0.167. The van der Waals surface area contributed by atoms with Gasteiger partial charge in [0.25, 0.3) is 11.2 Å². The number of ketones is 1. The van der Waals surface area contributed by atoms with Crippen LogP contribution in [-0.4, -0.2) is 20.3 Å². The average Bonchev–Trinajstić information content (AvgIpc) is 3.08. The van der Waals surface area contributed by atoms with Crippen LogP contribution >= 0.6 is 11.6 Å². The third kappa shape index (κ3) is 3.71. The number of carbonyl (C=O) groups excluding carboxylic acids is 1. The van der Waals surface area contributed by atoms with E-state index in [0.29, 0.717) is 27.4 Å². The van der Waals surface area contributed by atoms with Crippen LogP contribution in [0.5, 0.6) is 0 Å². The lowest BCUT2D eigenvalue weighted by Crippen LogP contribution is -2.12. The highest BCUT2D eigenvalue weighted by Gasteiger charge is 2.24. The Bertz CT molecular complexity index is 1440. The van der Waals surface area contributed by atoms with Gasteiger partial charge in [0.2, 0.25) is 0 Å². The summed E-state index contributed by atoms with van der Waals surface area (Å²) in [5.41, 5.74) is 3.22. The molecule has 2 aromatic carbocycles. The molecule has 0 aliphatic carbocycles. The molecule has 0 fully saturated rings. The van der Waals surface area contributed by atoms with Crippen LogP contribution < -0.4 is 5.56 Å². The summed E-state index contributed by atoms with van der Waals surface area (Å²) in [4.78, 5) is 39.0. The molecular weight excluding hydrogens is 430 g/mol. The standard InChI is InChI=1S/C24H20ClN3O4/c1-3-15-6-9-21-19(11-15)22(18-5-4-10-26-24(18)30)23(14(2)29)27(21)13-16-12-17(28(31)32)7-8-20(16)25/h4-12H,3,13H2,1-2H3,(H,26,30). The number of non-ortho nitro benzene ring substituents is 1. The zero-order chi connectivity index (χ0) is 23.0. The van der Waals surface area contributed by atoms with E-state index in [9.17, 15) is 19.7 Å². The third-order valence-corrected chi connectivity index (χ3v) is 5.89. The van der Waals surface area contributed by atoms with Gasteiger partial charge in [0, 0.05) is 52.3 Å². The Kier molecular flexibility index (Phi) is 5.67. The number of benzene rings is 2. The average molecular weight is 450 g/mol. The van der Waals surface area contributed by atoms with Gasteiger partial charge in [-0.05, 0) is 47.9 Å². The van der Waals surface area contributed by atoms with Gasteiger partial charge in [0.05, 0.1) is 17.2 Å². The molecule has 0 amide bonds. The number of aromatic amines is 1. The van der Waals surface area contributed by atoms with Crippen LogP contribution in [0.4, 0.5) is 5.69 Å². The summed E-state index contributed by atoms with van der Waals surface area (Å²) in [7, 11) is 0. The second kappa shape index (κ2) is 8.43. The topological polar surface area (TPSA) is 98.0 Å². The molecule has 162 valence electrons. The number of Topliss-reactive ketones (excluding diaryl/α,β-unsaturated/α-hetero) is 1. The fourth-order valence-corrected chi connectivity index (χ4v) is 4.19. The van der Waals surface area contributed by atoms with E-state index in [4.69, 9.17) is 11.6 Å². The molecule has 0 atom stereocenters. The van der Waals surface area contributed by atoms with Gasteiger partial charge in [-0.2, -0.15) is 0 Å². The molecule has 0 aliphatic heterocycles. The summed E-state index contributed by atoms with van der Waals surface area (Å²) in [5, 5.41) is 12.4. The van der Waals surface area contributed by atoms with E-state index < -0.39 is 4.92 Å². The minimum atomic E-state index is -0.484. The highest BCUT2D eigenvalue weighted by molar-refractivity contribution is 6.31. The second-order valence-electron chi connectivity index (χ2n) is 7.52. The molecule has 0 spiro atoms. The van der Waals surface area contributed by atoms with E-state index in [0.717, 1.165) is 22.9 Å². The number of rotatable bonds is 6. The van der Waals surface area contributed by atoms with Crippen molar-refractivity contribution in [3.63, 3.8) is 0 Å². The molecule has 0 radical (unpaired) electrons. The molecule has 0 unspecified atom stereocenters. The number of carbonyl (C=O) groups is 1. The van der Waals surface area contributed by atoms with Crippen molar-refractivity contribution in [2.24, 2.45) is 0 Å². The van der Waals surface area contributed by atoms with Gasteiger partial charge in [-0.15, -0.1) is 0 Å². The SMILES string of the molecule is CCc1ccc2c(c1)c(-c1ccc[nH]c1=O)c(C(C)=O)n2Cc1cc([N+](=O)[O-])ccc1Cl. The van der Waals surface area contributed by atoms with E-state index >= 15 is 0 Å². The number of hydrogen-bond donors (Lipinski definition) is 1. The molecule has 0 bridgehead atoms. The van der Waals surface area contributed by atoms with Crippen LogP contribution in [0.2, 0.25) is 5.02 Å². The van der Waals surface area contributed by atoms with E-state index in [1.54, 1.807) is 22.9 Å². The lowest BCUT2D eigenvalue weighted by Gasteiger charge is -2.12. The molecule has 0 saturated carbocycles. The molecule has 0 saturated heterocycles. The van der Waals surface area contributed by atoms with Crippen molar-refractivity contribution in [1.29, 1.82) is 0 Å². The van der Waals surface area contributed by atoms with Crippen molar-refractivity contribution in [3.8, 4) is 11.1 Å². The largest absolute Gasteiger partial charge is 0.333 e. The third-order valence-electron chi connectivity index (χ3n) is 5.53. The number of nitro benzene ring substituents is 1. The van der Waals surface area contributed by atoms with Crippen molar-refractivity contribution in [1.82, 2.24) is 9.55 Å². The Labute approximate surface area is 188 Å². The summed E-state index contributed by atoms with van der Waals surface area (Å²) < 4.78 is 1.78. The van der Waals surface area contributed by atoms with E-state index in [2.05, 4.69) is 4.98 Å². The summed E-state index contributed by atoms with van der Waals surface area (Å²) >= 11 is 6.35. The monoisotopic (exact) mass is 449 g/mol. The van der Waals surface area contributed by atoms with E-state index in [1.807, 2.05) is 25.1 Å². The molecule has 7 nitrogen and oxygen atoms in total. The number of aryl methyl sites for hydroxylation is 1. The Morgan fingerprint density at radius 2 is 1.97 bits per heavy atom. The predicted octanol–water partition coefficient (Wildman–Crippen LogP) is 5.37. The smallest absolute Gasteiger partial charge is 0.269 e. The normalized spacial score (nSPS) is 11.1. The lowest BCUT2D eigenvalue weighted by molar-refractivity contribution is -0.384. The molecule has 4 aromatic rings. The quantitative estimate of drug-likeness (QED) is 0.243. The van der Waals surface area contributed by atoms with Gasteiger partial charge in [0.15, 0.2) is 5.78 Å². The van der Waals surface area contributed by atoms with Crippen LogP contribution in [0.15, 0.2) is 59.5 Å². The summed E-state index contributed by atoms with van der Waals surface area (Å²) in [6, 6.07) is 13.5. The van der Waals surface area contributed by atoms with E-state index in [1.165, 1.54) is 25.1 Å². The van der Waals surface area contributed by atoms with Gasteiger partial charge < -0.3 is 9.55 Å². The van der Waals surface area contributed by atoms with E-state index in [-0.39, 0.29) is 23.6 Å². The molecule has 2 heterocycles. The zero-order valence-corrected chi connectivity index (χ0v) is 18.3. The van der Waals surface area contributed by atoms with Crippen molar-refractivity contribution < 1.29 is 9.72 Å². The number of nitrogens with zero attached hydrogens (tertiary/aromatic N) is 2. The fourth-order valence-electron chi connectivity index (χ4n) is 4.01.